The maximum atomic E-state index is 11.5. The quantitative estimate of drug-likeness (QED) is 0.701. The van der Waals surface area contributed by atoms with E-state index in [2.05, 4.69) is 33.2 Å². The predicted molar refractivity (Wildman–Crippen MR) is 72.9 cm³/mol. The van der Waals surface area contributed by atoms with Gasteiger partial charge in [-0.1, -0.05) is 12.1 Å². The monoisotopic (exact) mass is 348 g/mol. The molecule has 0 aliphatic heterocycles. The van der Waals surface area contributed by atoms with Crippen LogP contribution in [0.1, 0.15) is 6.92 Å². The molecule has 17 heavy (non-hydrogen) atoms. The van der Waals surface area contributed by atoms with Crippen LogP contribution in [-0.4, -0.2) is 29.6 Å². The topological polar surface area (TPSA) is 78.4 Å². The van der Waals surface area contributed by atoms with E-state index in [1.54, 1.807) is 6.07 Å². The predicted octanol–water partition coefficient (Wildman–Crippen LogP) is 1.29. The summed E-state index contributed by atoms with van der Waals surface area (Å²) in [4.78, 5) is 22.1. The second-order valence-electron chi connectivity index (χ2n) is 3.47. The molecule has 6 heteroatoms. The number of benzene rings is 1. The van der Waals surface area contributed by atoms with Crippen LogP contribution in [-0.2, 0) is 9.59 Å². The van der Waals surface area contributed by atoms with Crippen LogP contribution in [0.4, 0.5) is 5.69 Å². The molecular weight excluding hydrogens is 335 g/mol. The molecule has 0 saturated carbocycles. The van der Waals surface area contributed by atoms with E-state index in [1.165, 1.54) is 6.92 Å². The van der Waals surface area contributed by atoms with Gasteiger partial charge in [0, 0.05) is 3.57 Å². The van der Waals surface area contributed by atoms with Gasteiger partial charge >= 0.3 is 5.97 Å². The third-order valence-corrected chi connectivity index (χ3v) is 3.03. The van der Waals surface area contributed by atoms with Crippen LogP contribution in [0.5, 0.6) is 0 Å². The molecule has 92 valence electrons. The Morgan fingerprint density at radius 1 is 1.41 bits per heavy atom. The minimum absolute atomic E-state index is 0.0293. The molecule has 0 bridgehead atoms. The number of carbonyl (C=O) groups is 2. The average Bonchev–Trinajstić information content (AvgIpc) is 2.29. The van der Waals surface area contributed by atoms with E-state index in [1.807, 2.05) is 18.2 Å². The molecule has 1 unspecified atom stereocenters. The van der Waals surface area contributed by atoms with Gasteiger partial charge in [0.1, 0.15) is 6.04 Å². The Hall–Kier alpha value is -1.15. The second kappa shape index (κ2) is 6.55. The van der Waals surface area contributed by atoms with Crippen molar-refractivity contribution in [1.82, 2.24) is 5.32 Å². The fourth-order valence-electron chi connectivity index (χ4n) is 1.09. The highest BCUT2D eigenvalue weighted by Gasteiger charge is 2.12. The number of rotatable bonds is 5. The molecule has 0 aromatic heterocycles. The lowest BCUT2D eigenvalue weighted by molar-refractivity contribution is -0.139. The first-order valence-corrected chi connectivity index (χ1v) is 6.09. The fourth-order valence-corrected chi connectivity index (χ4v) is 1.61. The van der Waals surface area contributed by atoms with E-state index < -0.39 is 12.0 Å². The summed E-state index contributed by atoms with van der Waals surface area (Å²) in [5.41, 5.74) is 0.725. The summed E-state index contributed by atoms with van der Waals surface area (Å²) in [6, 6.07) is 6.63. The van der Waals surface area contributed by atoms with E-state index in [0.29, 0.717) is 0 Å². The number of carbonyl (C=O) groups excluding carboxylic acids is 1. The lowest BCUT2D eigenvalue weighted by Gasteiger charge is -2.10. The van der Waals surface area contributed by atoms with Crippen molar-refractivity contribution in [1.29, 1.82) is 0 Å². The largest absolute Gasteiger partial charge is 0.480 e. The van der Waals surface area contributed by atoms with Crippen molar-refractivity contribution in [3.8, 4) is 0 Å². The molecular formula is C11H13IN2O3. The Morgan fingerprint density at radius 2 is 2.06 bits per heavy atom. The summed E-state index contributed by atoms with van der Waals surface area (Å²) in [7, 11) is 0. The molecule has 0 aliphatic rings. The number of anilines is 1. The number of para-hydroxylation sites is 1. The minimum atomic E-state index is -0.980. The van der Waals surface area contributed by atoms with Crippen molar-refractivity contribution in [2.24, 2.45) is 0 Å². The maximum Gasteiger partial charge on any atom is 0.320 e. The molecule has 0 radical (unpaired) electrons. The van der Waals surface area contributed by atoms with Gasteiger partial charge in [-0.25, -0.2) is 0 Å². The highest BCUT2D eigenvalue weighted by atomic mass is 127. The second-order valence-corrected chi connectivity index (χ2v) is 4.63. The first-order chi connectivity index (χ1) is 8.00. The van der Waals surface area contributed by atoms with E-state index in [4.69, 9.17) is 5.11 Å². The van der Waals surface area contributed by atoms with Gasteiger partial charge in [0.25, 0.3) is 0 Å². The van der Waals surface area contributed by atoms with Gasteiger partial charge < -0.3 is 10.4 Å². The first-order valence-electron chi connectivity index (χ1n) is 5.01. The number of aliphatic carboxylic acids is 1. The molecule has 1 aromatic rings. The summed E-state index contributed by atoms with van der Waals surface area (Å²) < 4.78 is 0.935. The Morgan fingerprint density at radius 3 is 2.65 bits per heavy atom. The standard InChI is InChI=1S/C11H13IN2O3/c1-7(11(16)17)13-6-10(15)14-9-5-3-2-4-8(9)12/h2-5,7,13H,6H2,1H3,(H,14,15)(H,16,17). The van der Waals surface area contributed by atoms with Crippen molar-refractivity contribution >= 4 is 40.2 Å². The number of carboxylic acids is 1. The zero-order valence-corrected chi connectivity index (χ0v) is 11.4. The van der Waals surface area contributed by atoms with E-state index >= 15 is 0 Å². The molecule has 0 saturated heterocycles. The van der Waals surface area contributed by atoms with Crippen molar-refractivity contribution < 1.29 is 14.7 Å². The van der Waals surface area contributed by atoms with Gasteiger partial charge in [-0.15, -0.1) is 0 Å². The van der Waals surface area contributed by atoms with Crippen LogP contribution in [0.2, 0.25) is 0 Å². The van der Waals surface area contributed by atoms with Crippen LogP contribution in [0.3, 0.4) is 0 Å². The van der Waals surface area contributed by atoms with Gasteiger partial charge in [0.05, 0.1) is 12.2 Å². The number of hydrogen-bond donors (Lipinski definition) is 3. The molecule has 1 aromatic carbocycles. The van der Waals surface area contributed by atoms with Gasteiger partial charge in [0.2, 0.25) is 5.91 Å². The van der Waals surface area contributed by atoms with Crippen molar-refractivity contribution in [2.75, 3.05) is 11.9 Å². The fraction of sp³-hybridized carbons (Fsp3) is 0.273. The molecule has 0 aliphatic carbocycles. The van der Waals surface area contributed by atoms with Crippen molar-refractivity contribution in [3.05, 3.63) is 27.8 Å². The van der Waals surface area contributed by atoms with Gasteiger partial charge in [-0.3, -0.25) is 14.9 Å². The normalized spacial score (nSPS) is 11.9. The smallest absolute Gasteiger partial charge is 0.320 e. The average molecular weight is 348 g/mol. The Labute approximate surface area is 113 Å². The highest BCUT2D eigenvalue weighted by Crippen LogP contribution is 2.16. The van der Waals surface area contributed by atoms with E-state index in [0.717, 1.165) is 9.26 Å². The van der Waals surface area contributed by atoms with Crippen molar-refractivity contribution in [2.45, 2.75) is 13.0 Å². The van der Waals surface area contributed by atoms with Crippen LogP contribution in [0, 0.1) is 3.57 Å². The number of amides is 1. The molecule has 0 fully saturated rings. The first kappa shape index (κ1) is 13.9. The minimum Gasteiger partial charge on any atom is -0.480 e. The summed E-state index contributed by atoms with van der Waals surface area (Å²) in [5.74, 6) is -1.24. The summed E-state index contributed by atoms with van der Waals surface area (Å²) in [6.45, 7) is 1.46. The lowest BCUT2D eigenvalue weighted by atomic mass is 10.3. The Kier molecular flexibility index (Phi) is 5.36. The lowest BCUT2D eigenvalue weighted by Crippen LogP contribution is -2.39. The third-order valence-electron chi connectivity index (χ3n) is 2.09. The molecule has 1 atom stereocenters. The molecule has 1 rings (SSSR count). The Balaban J connectivity index is 2.46. The molecule has 3 N–H and O–H groups in total. The number of nitrogens with one attached hydrogen (secondary N) is 2. The number of halogens is 1. The highest BCUT2D eigenvalue weighted by molar-refractivity contribution is 14.1. The molecule has 0 heterocycles. The van der Waals surface area contributed by atoms with Crippen LogP contribution < -0.4 is 10.6 Å². The Bertz CT molecular complexity index is 423. The summed E-state index contributed by atoms with van der Waals surface area (Å²) in [5, 5.41) is 13.9. The summed E-state index contributed by atoms with van der Waals surface area (Å²) in [6.07, 6.45) is 0. The summed E-state index contributed by atoms with van der Waals surface area (Å²) >= 11 is 2.12. The van der Waals surface area contributed by atoms with Gasteiger partial charge in [-0.2, -0.15) is 0 Å². The number of hydrogen-bond acceptors (Lipinski definition) is 3. The zero-order chi connectivity index (χ0) is 12.8. The van der Waals surface area contributed by atoms with E-state index in [9.17, 15) is 9.59 Å². The van der Waals surface area contributed by atoms with Gasteiger partial charge in [0.15, 0.2) is 0 Å². The van der Waals surface area contributed by atoms with E-state index in [-0.39, 0.29) is 12.5 Å². The van der Waals surface area contributed by atoms with Gasteiger partial charge in [-0.05, 0) is 41.6 Å². The van der Waals surface area contributed by atoms with Crippen molar-refractivity contribution in [3.63, 3.8) is 0 Å². The van der Waals surface area contributed by atoms with Crippen LogP contribution in [0.15, 0.2) is 24.3 Å². The number of carboxylic acid groups (broad SMARTS) is 1. The van der Waals surface area contributed by atoms with Crippen LogP contribution in [0.25, 0.3) is 0 Å². The van der Waals surface area contributed by atoms with Crippen LogP contribution >= 0.6 is 22.6 Å². The molecule has 5 nitrogen and oxygen atoms in total. The molecule has 1 amide bonds. The maximum absolute atomic E-state index is 11.5. The third kappa shape index (κ3) is 4.70. The molecule has 0 spiro atoms. The SMILES string of the molecule is CC(NCC(=O)Nc1ccccc1I)C(=O)O. The zero-order valence-electron chi connectivity index (χ0n) is 9.24.